The average molecular weight is 381 g/mol. The van der Waals surface area contributed by atoms with Gasteiger partial charge in [0.1, 0.15) is 12.0 Å². The molecule has 0 aliphatic heterocycles. The number of methoxy groups -OCH3 is 1. The second kappa shape index (κ2) is 11.5. The minimum atomic E-state index is -1.76. The van der Waals surface area contributed by atoms with E-state index in [9.17, 15) is 4.79 Å². The third-order valence-corrected chi connectivity index (χ3v) is 10.1. The monoisotopic (exact) mass is 380 g/mol. The zero-order valence-electron chi connectivity index (χ0n) is 17.3. The molecule has 0 N–H and O–H groups in total. The lowest BCUT2D eigenvalue weighted by molar-refractivity contribution is -0.114. The van der Waals surface area contributed by atoms with Crippen LogP contribution >= 0.6 is 0 Å². The van der Waals surface area contributed by atoms with E-state index in [-0.39, 0.29) is 17.9 Å². The van der Waals surface area contributed by atoms with Crippen LogP contribution < -0.4 is 4.74 Å². The lowest BCUT2D eigenvalue weighted by atomic mass is 9.95. The van der Waals surface area contributed by atoms with Crippen LogP contribution in [0.4, 0.5) is 0 Å². The Morgan fingerprint density at radius 3 is 2.08 bits per heavy atom. The van der Waals surface area contributed by atoms with Gasteiger partial charge >= 0.3 is 0 Å². The van der Waals surface area contributed by atoms with Gasteiger partial charge in [-0.2, -0.15) is 0 Å². The molecule has 0 radical (unpaired) electrons. The predicted molar refractivity (Wildman–Crippen MR) is 109 cm³/mol. The van der Waals surface area contributed by atoms with Gasteiger partial charge in [0.2, 0.25) is 0 Å². The van der Waals surface area contributed by atoms with Crippen LogP contribution in [0.2, 0.25) is 18.1 Å². The number of hydrogen-bond acceptors (Lipinski definition) is 4. The summed E-state index contributed by atoms with van der Waals surface area (Å²) < 4.78 is 17.7. The van der Waals surface area contributed by atoms with Gasteiger partial charge < -0.3 is 18.7 Å². The Morgan fingerprint density at radius 1 is 1.04 bits per heavy atom. The van der Waals surface area contributed by atoms with Crippen LogP contribution in [0.15, 0.2) is 24.3 Å². The molecule has 1 aromatic carbocycles. The summed E-state index contributed by atoms with van der Waals surface area (Å²) in [5.41, 5.74) is 1.11. The molecule has 0 amide bonds. The summed E-state index contributed by atoms with van der Waals surface area (Å²) in [6.07, 6.45) is 0.944. The quantitative estimate of drug-likeness (QED) is 0.354. The highest BCUT2D eigenvalue weighted by Gasteiger charge is 2.36. The maximum Gasteiger partial charge on any atom is 0.192 e. The number of aldehydes is 1. The molecule has 0 saturated heterocycles. The van der Waals surface area contributed by atoms with Gasteiger partial charge in [0.15, 0.2) is 8.32 Å². The molecule has 0 aliphatic rings. The van der Waals surface area contributed by atoms with Crippen molar-refractivity contribution in [2.45, 2.75) is 65.5 Å². The Balaban J connectivity index is 2.67. The fourth-order valence-electron chi connectivity index (χ4n) is 3.29. The summed E-state index contributed by atoms with van der Waals surface area (Å²) in [6.45, 7) is 11.9. The first-order chi connectivity index (χ1) is 12.4. The van der Waals surface area contributed by atoms with E-state index >= 15 is 0 Å². The van der Waals surface area contributed by atoms with Gasteiger partial charge in [-0.3, -0.25) is 0 Å². The van der Waals surface area contributed by atoms with Crippen LogP contribution in [-0.2, 0) is 20.6 Å². The van der Waals surface area contributed by atoms with Crippen LogP contribution in [0.1, 0.15) is 40.2 Å². The molecule has 0 heterocycles. The van der Waals surface area contributed by atoms with Crippen LogP contribution in [-0.4, -0.2) is 34.4 Å². The summed E-state index contributed by atoms with van der Waals surface area (Å²) in [6, 6.07) is 11.1. The van der Waals surface area contributed by atoms with E-state index in [1.54, 1.807) is 7.11 Å². The van der Waals surface area contributed by atoms with E-state index in [0.717, 1.165) is 35.7 Å². The van der Waals surface area contributed by atoms with E-state index in [4.69, 9.17) is 13.9 Å². The van der Waals surface area contributed by atoms with Crippen molar-refractivity contribution in [2.24, 2.45) is 11.8 Å². The first kappa shape index (κ1) is 22.9. The second-order valence-corrected chi connectivity index (χ2v) is 11.9. The summed E-state index contributed by atoms with van der Waals surface area (Å²) in [7, 11) is -0.104. The minimum absolute atomic E-state index is 0.0742. The average Bonchev–Trinajstić information content (AvgIpc) is 2.69. The summed E-state index contributed by atoms with van der Waals surface area (Å²) in [5, 5.41) is 0. The zero-order valence-corrected chi connectivity index (χ0v) is 18.3. The molecule has 0 bridgehead atoms. The van der Waals surface area contributed by atoms with Crippen LogP contribution in [0.5, 0.6) is 5.75 Å². The second-order valence-electron chi connectivity index (χ2n) is 7.16. The molecule has 0 aromatic heterocycles. The highest BCUT2D eigenvalue weighted by molar-refractivity contribution is 6.73. The van der Waals surface area contributed by atoms with E-state index in [2.05, 4.69) is 27.7 Å². The van der Waals surface area contributed by atoms with Crippen molar-refractivity contribution in [1.29, 1.82) is 0 Å². The first-order valence-corrected chi connectivity index (χ1v) is 12.3. The Bertz CT molecular complexity index is 505. The molecule has 4 nitrogen and oxygen atoms in total. The van der Waals surface area contributed by atoms with Crippen molar-refractivity contribution in [3.8, 4) is 5.75 Å². The van der Waals surface area contributed by atoms with Crippen molar-refractivity contribution < 1.29 is 18.7 Å². The van der Waals surface area contributed by atoms with Gasteiger partial charge in [-0.25, -0.2) is 0 Å². The van der Waals surface area contributed by atoms with E-state index in [1.807, 2.05) is 31.2 Å². The Morgan fingerprint density at radius 2 is 1.62 bits per heavy atom. The zero-order chi connectivity index (χ0) is 19.6. The Hall–Kier alpha value is -1.17. The lowest BCUT2D eigenvalue weighted by Crippen LogP contribution is -2.45. The van der Waals surface area contributed by atoms with Crippen LogP contribution in [0.3, 0.4) is 0 Å². The molecule has 0 spiro atoms. The van der Waals surface area contributed by atoms with Gasteiger partial charge in [0.05, 0.1) is 26.4 Å². The van der Waals surface area contributed by atoms with Crippen LogP contribution in [0, 0.1) is 11.8 Å². The standard InChI is InChI=1S/C21H36O4Si/c1-7-26(8-2,9-3)25-21(17(4)14-22)18(5)15-24-16-19-10-12-20(23-6)13-11-19/h10-14,17-18,21H,7-9,15-16H2,1-6H3/t17-,18-,21-/m0/s1. The van der Waals surface area contributed by atoms with Crippen molar-refractivity contribution in [3.63, 3.8) is 0 Å². The van der Waals surface area contributed by atoms with E-state index < -0.39 is 8.32 Å². The number of hydrogen-bond donors (Lipinski definition) is 0. The van der Waals surface area contributed by atoms with Crippen molar-refractivity contribution in [2.75, 3.05) is 13.7 Å². The Kier molecular flexibility index (Phi) is 10.1. The summed E-state index contributed by atoms with van der Waals surface area (Å²) in [5.74, 6) is 0.895. The molecule has 1 aromatic rings. The van der Waals surface area contributed by atoms with Gasteiger partial charge in [0, 0.05) is 11.8 Å². The highest BCUT2D eigenvalue weighted by atomic mass is 28.4. The fourth-order valence-corrected chi connectivity index (χ4v) is 6.31. The van der Waals surface area contributed by atoms with E-state index in [0.29, 0.717) is 13.2 Å². The van der Waals surface area contributed by atoms with Gasteiger partial charge in [0.25, 0.3) is 0 Å². The topological polar surface area (TPSA) is 44.8 Å². The number of benzene rings is 1. The first-order valence-electron chi connectivity index (χ1n) is 9.79. The van der Waals surface area contributed by atoms with Crippen LogP contribution in [0.25, 0.3) is 0 Å². The minimum Gasteiger partial charge on any atom is -0.497 e. The molecule has 3 atom stereocenters. The molecule has 5 heteroatoms. The Labute approximate surface area is 160 Å². The molecule has 0 unspecified atom stereocenters. The smallest absolute Gasteiger partial charge is 0.192 e. The molecular weight excluding hydrogens is 344 g/mol. The van der Waals surface area contributed by atoms with Gasteiger partial charge in [-0.15, -0.1) is 0 Å². The SMILES string of the molecule is CC[Si](CC)(CC)O[C@@H]([C@@H](C)C=O)[C@@H](C)COCc1ccc(OC)cc1. The summed E-state index contributed by atoms with van der Waals surface area (Å²) in [4.78, 5) is 11.4. The number of rotatable bonds is 13. The molecule has 0 saturated carbocycles. The molecule has 26 heavy (non-hydrogen) atoms. The van der Waals surface area contributed by atoms with Gasteiger partial charge in [-0.05, 0) is 35.8 Å². The lowest BCUT2D eigenvalue weighted by Gasteiger charge is -2.37. The third-order valence-electron chi connectivity index (χ3n) is 5.42. The predicted octanol–water partition coefficient (Wildman–Crippen LogP) is 5.07. The molecular formula is C21H36O4Si. The number of carbonyl (C=O) groups is 1. The normalized spacial score (nSPS) is 15.3. The summed E-state index contributed by atoms with van der Waals surface area (Å²) >= 11 is 0. The maximum absolute atomic E-state index is 11.4. The molecule has 0 aliphatic carbocycles. The van der Waals surface area contributed by atoms with Crippen molar-refractivity contribution in [1.82, 2.24) is 0 Å². The van der Waals surface area contributed by atoms with Crippen molar-refractivity contribution >= 4 is 14.6 Å². The molecule has 1 rings (SSSR count). The fraction of sp³-hybridized carbons (Fsp3) is 0.667. The maximum atomic E-state index is 11.4. The largest absolute Gasteiger partial charge is 0.497 e. The number of ether oxygens (including phenoxy) is 2. The van der Waals surface area contributed by atoms with E-state index in [1.165, 1.54) is 0 Å². The molecule has 0 fully saturated rings. The third kappa shape index (κ3) is 6.52. The highest BCUT2D eigenvalue weighted by Crippen LogP contribution is 2.29. The molecule has 148 valence electrons. The van der Waals surface area contributed by atoms with Crippen molar-refractivity contribution in [3.05, 3.63) is 29.8 Å². The van der Waals surface area contributed by atoms with Gasteiger partial charge in [-0.1, -0.05) is 46.8 Å². The number of carbonyl (C=O) groups excluding carboxylic acids is 1.